The van der Waals surface area contributed by atoms with Crippen LogP contribution in [0.4, 0.5) is 0 Å². The molecule has 0 saturated carbocycles. The van der Waals surface area contributed by atoms with Gasteiger partial charge in [0.15, 0.2) is 0 Å². The monoisotopic (exact) mass is 186 g/mol. The SMILES string of the molecule is CC(Cl)C(O)(O)c1ccccc1. The second-order valence-electron chi connectivity index (χ2n) is 2.71. The smallest absolute Gasteiger partial charge is 0.206 e. The minimum atomic E-state index is -1.94. The molecule has 0 amide bonds. The van der Waals surface area contributed by atoms with Crippen molar-refractivity contribution in [3.05, 3.63) is 35.9 Å². The van der Waals surface area contributed by atoms with Crippen molar-refractivity contribution < 1.29 is 10.2 Å². The van der Waals surface area contributed by atoms with Gasteiger partial charge in [-0.25, -0.2) is 0 Å². The third-order valence-corrected chi connectivity index (χ3v) is 2.06. The van der Waals surface area contributed by atoms with E-state index in [1.807, 2.05) is 0 Å². The molecule has 0 heterocycles. The molecule has 1 unspecified atom stereocenters. The van der Waals surface area contributed by atoms with Crippen LogP contribution in [0, 0.1) is 0 Å². The van der Waals surface area contributed by atoms with Gasteiger partial charge in [0.2, 0.25) is 5.79 Å². The third kappa shape index (κ3) is 1.78. The number of halogens is 1. The Bertz CT molecular complexity index is 244. The normalized spacial score (nSPS) is 14.3. The maximum Gasteiger partial charge on any atom is 0.206 e. The van der Waals surface area contributed by atoms with Gasteiger partial charge in [0.05, 0.1) is 5.38 Å². The number of rotatable bonds is 2. The van der Waals surface area contributed by atoms with Crippen LogP contribution in [-0.4, -0.2) is 15.6 Å². The topological polar surface area (TPSA) is 40.5 Å². The van der Waals surface area contributed by atoms with E-state index in [9.17, 15) is 10.2 Å². The molecule has 0 fully saturated rings. The summed E-state index contributed by atoms with van der Waals surface area (Å²) >= 11 is 5.60. The van der Waals surface area contributed by atoms with Crippen LogP contribution < -0.4 is 0 Å². The maximum atomic E-state index is 9.49. The minimum Gasteiger partial charge on any atom is -0.361 e. The molecule has 0 radical (unpaired) electrons. The van der Waals surface area contributed by atoms with Crippen LogP contribution in [0.3, 0.4) is 0 Å². The highest BCUT2D eigenvalue weighted by molar-refractivity contribution is 6.21. The molecule has 0 saturated heterocycles. The summed E-state index contributed by atoms with van der Waals surface area (Å²) in [4.78, 5) is 0. The molecule has 0 aliphatic heterocycles. The first kappa shape index (κ1) is 9.52. The van der Waals surface area contributed by atoms with E-state index in [0.29, 0.717) is 5.56 Å². The first-order valence-electron chi connectivity index (χ1n) is 3.69. The predicted octanol–water partition coefficient (Wildman–Crippen LogP) is 1.45. The van der Waals surface area contributed by atoms with E-state index in [4.69, 9.17) is 11.6 Å². The van der Waals surface area contributed by atoms with Gasteiger partial charge in [-0.15, -0.1) is 11.6 Å². The maximum absolute atomic E-state index is 9.49. The summed E-state index contributed by atoms with van der Waals surface area (Å²) in [5, 5.41) is 18.2. The molecule has 0 aliphatic rings. The Labute approximate surface area is 76.4 Å². The lowest BCUT2D eigenvalue weighted by atomic mass is 10.0. The Morgan fingerprint density at radius 3 is 2.17 bits per heavy atom. The standard InChI is InChI=1S/C9H11ClO2/c1-7(10)9(11,12)8-5-3-2-4-6-8/h2-7,11-12H,1H3. The fourth-order valence-electron chi connectivity index (χ4n) is 0.913. The van der Waals surface area contributed by atoms with Crippen molar-refractivity contribution in [2.24, 2.45) is 0 Å². The Balaban J connectivity index is 2.98. The molecule has 1 rings (SSSR count). The van der Waals surface area contributed by atoms with Crippen LogP contribution in [0.1, 0.15) is 12.5 Å². The molecule has 3 heteroatoms. The lowest BCUT2D eigenvalue weighted by Crippen LogP contribution is -2.33. The third-order valence-electron chi connectivity index (χ3n) is 1.75. The highest BCUT2D eigenvalue weighted by Gasteiger charge is 2.31. The van der Waals surface area contributed by atoms with Crippen LogP contribution in [0.5, 0.6) is 0 Å². The summed E-state index contributed by atoms with van der Waals surface area (Å²) in [6, 6.07) is 8.52. The van der Waals surface area contributed by atoms with E-state index >= 15 is 0 Å². The van der Waals surface area contributed by atoms with Gasteiger partial charge in [-0.05, 0) is 6.92 Å². The molecule has 0 aromatic heterocycles. The van der Waals surface area contributed by atoms with E-state index in [0.717, 1.165) is 0 Å². The first-order valence-corrected chi connectivity index (χ1v) is 4.13. The van der Waals surface area contributed by atoms with Gasteiger partial charge < -0.3 is 10.2 Å². The number of aliphatic hydroxyl groups is 2. The van der Waals surface area contributed by atoms with E-state index in [1.54, 1.807) is 30.3 Å². The molecule has 12 heavy (non-hydrogen) atoms. The summed E-state index contributed by atoms with van der Waals surface area (Å²) in [7, 11) is 0. The van der Waals surface area contributed by atoms with Gasteiger partial charge in [-0.1, -0.05) is 30.3 Å². The number of alkyl halides is 1. The van der Waals surface area contributed by atoms with Gasteiger partial charge in [0.1, 0.15) is 0 Å². The van der Waals surface area contributed by atoms with Crippen molar-refractivity contribution in [3.8, 4) is 0 Å². The van der Waals surface area contributed by atoms with Gasteiger partial charge in [-0.2, -0.15) is 0 Å². The van der Waals surface area contributed by atoms with Gasteiger partial charge in [-0.3, -0.25) is 0 Å². The van der Waals surface area contributed by atoms with Crippen molar-refractivity contribution in [2.45, 2.75) is 18.1 Å². The molecule has 0 spiro atoms. The summed E-state index contributed by atoms with van der Waals surface area (Å²) in [6.07, 6.45) is 0. The molecule has 0 aliphatic carbocycles. The van der Waals surface area contributed by atoms with Crippen LogP contribution in [-0.2, 0) is 5.79 Å². The molecule has 0 bridgehead atoms. The molecular formula is C9H11ClO2. The Morgan fingerprint density at radius 2 is 1.75 bits per heavy atom. The number of benzene rings is 1. The zero-order valence-electron chi connectivity index (χ0n) is 6.74. The van der Waals surface area contributed by atoms with Crippen molar-refractivity contribution >= 4 is 11.6 Å². The summed E-state index contributed by atoms with van der Waals surface area (Å²) in [6.45, 7) is 1.54. The van der Waals surface area contributed by atoms with Crippen molar-refractivity contribution in [1.82, 2.24) is 0 Å². The molecular weight excluding hydrogens is 176 g/mol. The summed E-state index contributed by atoms with van der Waals surface area (Å²) in [5.74, 6) is -1.94. The van der Waals surface area contributed by atoms with E-state index in [1.165, 1.54) is 6.92 Å². The second-order valence-corrected chi connectivity index (χ2v) is 3.36. The van der Waals surface area contributed by atoms with Gasteiger partial charge in [0, 0.05) is 5.56 Å². The predicted molar refractivity (Wildman–Crippen MR) is 47.9 cm³/mol. The molecule has 1 atom stereocenters. The largest absolute Gasteiger partial charge is 0.361 e. The Kier molecular flexibility index (Phi) is 2.73. The first-order chi connectivity index (χ1) is 5.55. The highest BCUT2D eigenvalue weighted by atomic mass is 35.5. The van der Waals surface area contributed by atoms with Crippen molar-refractivity contribution in [1.29, 1.82) is 0 Å². The van der Waals surface area contributed by atoms with E-state index < -0.39 is 11.2 Å². The highest BCUT2D eigenvalue weighted by Crippen LogP contribution is 2.24. The van der Waals surface area contributed by atoms with Crippen molar-refractivity contribution in [3.63, 3.8) is 0 Å². The minimum absolute atomic E-state index is 0.410. The number of hydrogen-bond donors (Lipinski definition) is 2. The van der Waals surface area contributed by atoms with E-state index in [2.05, 4.69) is 0 Å². The van der Waals surface area contributed by atoms with Crippen LogP contribution in [0.25, 0.3) is 0 Å². The zero-order valence-corrected chi connectivity index (χ0v) is 7.49. The van der Waals surface area contributed by atoms with Gasteiger partial charge in [0.25, 0.3) is 0 Å². The average molecular weight is 187 g/mol. The lowest BCUT2D eigenvalue weighted by Gasteiger charge is -2.24. The van der Waals surface area contributed by atoms with Crippen molar-refractivity contribution in [2.75, 3.05) is 0 Å². The zero-order chi connectivity index (χ0) is 9.19. The molecule has 2 N–H and O–H groups in total. The Morgan fingerprint density at radius 1 is 1.25 bits per heavy atom. The second kappa shape index (κ2) is 3.44. The molecule has 2 nitrogen and oxygen atoms in total. The molecule has 1 aromatic carbocycles. The van der Waals surface area contributed by atoms with Crippen LogP contribution in [0.15, 0.2) is 30.3 Å². The molecule has 66 valence electrons. The fraction of sp³-hybridized carbons (Fsp3) is 0.333. The summed E-state index contributed by atoms with van der Waals surface area (Å²) < 4.78 is 0. The fourth-order valence-corrected chi connectivity index (χ4v) is 1.04. The van der Waals surface area contributed by atoms with E-state index in [-0.39, 0.29) is 0 Å². The average Bonchev–Trinajstić information content (AvgIpc) is 2.06. The summed E-state index contributed by atoms with van der Waals surface area (Å²) in [5.41, 5.74) is 0.410. The quantitative estimate of drug-likeness (QED) is 0.542. The lowest BCUT2D eigenvalue weighted by molar-refractivity contribution is -0.167. The molecule has 1 aromatic rings. The van der Waals surface area contributed by atoms with Crippen LogP contribution in [0.2, 0.25) is 0 Å². The number of hydrogen-bond acceptors (Lipinski definition) is 2. The van der Waals surface area contributed by atoms with Gasteiger partial charge >= 0.3 is 0 Å². The van der Waals surface area contributed by atoms with Crippen LogP contribution >= 0.6 is 11.6 Å². The Hall–Kier alpha value is -0.570.